The summed E-state index contributed by atoms with van der Waals surface area (Å²) < 4.78 is 12.3. The van der Waals surface area contributed by atoms with E-state index in [0.717, 1.165) is 31.4 Å². The van der Waals surface area contributed by atoms with Gasteiger partial charge in [0.05, 0.1) is 17.8 Å². The molecule has 1 saturated carbocycles. The summed E-state index contributed by atoms with van der Waals surface area (Å²) in [6, 6.07) is 0.238. The zero-order chi connectivity index (χ0) is 14.5. The van der Waals surface area contributed by atoms with Gasteiger partial charge in [0.2, 0.25) is 0 Å². The predicted octanol–water partition coefficient (Wildman–Crippen LogP) is 2.06. The van der Waals surface area contributed by atoms with E-state index < -0.39 is 5.97 Å². The Kier molecular flexibility index (Phi) is 4.89. The summed E-state index contributed by atoms with van der Waals surface area (Å²) in [6.45, 7) is 5.54. The number of rotatable bonds is 5. The first-order valence-corrected chi connectivity index (χ1v) is 6.90. The number of hydrogen-bond acceptors (Lipinski definition) is 5. The van der Waals surface area contributed by atoms with Gasteiger partial charge in [0.25, 0.3) is 0 Å². The first kappa shape index (κ1) is 14.7. The lowest BCUT2D eigenvalue weighted by Gasteiger charge is -2.28. The molecule has 2 rings (SSSR count). The highest BCUT2D eigenvalue weighted by atomic mass is 16.5. The van der Waals surface area contributed by atoms with Crippen LogP contribution in [0.2, 0.25) is 0 Å². The Bertz CT molecular complexity index is 484. The molecule has 6 nitrogen and oxygen atoms in total. The summed E-state index contributed by atoms with van der Waals surface area (Å²) in [5, 5.41) is 8.08. The number of aromatic nitrogens is 3. The fourth-order valence-electron chi connectivity index (χ4n) is 2.64. The molecule has 1 heterocycles. The number of hydrogen-bond donors (Lipinski definition) is 0. The van der Waals surface area contributed by atoms with Gasteiger partial charge in [-0.2, -0.15) is 0 Å². The smallest absolute Gasteiger partial charge is 0.361 e. The molecule has 0 N–H and O–H groups in total. The monoisotopic (exact) mass is 279 g/mol. The first-order valence-electron chi connectivity index (χ1n) is 6.90. The summed E-state index contributed by atoms with van der Waals surface area (Å²) in [6.07, 6.45) is 5.90. The maximum Gasteiger partial charge on any atom is 0.361 e. The Hall–Kier alpha value is -1.69. The van der Waals surface area contributed by atoms with E-state index in [1.54, 1.807) is 7.11 Å². The fraction of sp³-hybridized carbons (Fsp3) is 0.643. The molecule has 0 bridgehead atoms. The van der Waals surface area contributed by atoms with Gasteiger partial charge in [0.1, 0.15) is 6.61 Å². The number of esters is 1. The van der Waals surface area contributed by atoms with Crippen LogP contribution in [0.5, 0.6) is 0 Å². The molecule has 110 valence electrons. The molecule has 0 aliphatic heterocycles. The second-order valence-electron chi connectivity index (χ2n) is 5.03. The number of nitrogens with zero attached hydrogens (tertiary/aromatic N) is 3. The summed E-state index contributed by atoms with van der Waals surface area (Å²) in [7, 11) is 1.74. The minimum Gasteiger partial charge on any atom is -0.457 e. The van der Waals surface area contributed by atoms with Crippen molar-refractivity contribution in [2.75, 3.05) is 13.7 Å². The van der Waals surface area contributed by atoms with Crippen molar-refractivity contribution in [3.63, 3.8) is 0 Å². The van der Waals surface area contributed by atoms with Crippen molar-refractivity contribution in [2.24, 2.45) is 0 Å². The molecule has 2 atom stereocenters. The minimum atomic E-state index is -0.451. The number of ether oxygens (including phenoxy) is 2. The summed E-state index contributed by atoms with van der Waals surface area (Å²) in [5.74, 6) is -0.451. The Balaban J connectivity index is 2.11. The maximum absolute atomic E-state index is 11.8. The van der Waals surface area contributed by atoms with E-state index in [1.165, 1.54) is 6.08 Å². The van der Waals surface area contributed by atoms with E-state index in [0.29, 0.717) is 0 Å². The zero-order valence-electron chi connectivity index (χ0n) is 12.0. The second-order valence-corrected chi connectivity index (χ2v) is 5.03. The summed E-state index contributed by atoms with van der Waals surface area (Å²) >= 11 is 0. The van der Waals surface area contributed by atoms with Gasteiger partial charge in [-0.15, -0.1) is 5.10 Å². The third-order valence-electron chi connectivity index (χ3n) is 3.73. The highest BCUT2D eigenvalue weighted by Crippen LogP contribution is 2.30. The van der Waals surface area contributed by atoms with Crippen molar-refractivity contribution >= 4 is 5.97 Å². The van der Waals surface area contributed by atoms with Crippen molar-refractivity contribution in [2.45, 2.75) is 44.8 Å². The van der Waals surface area contributed by atoms with Crippen LogP contribution in [0, 0.1) is 6.92 Å². The lowest BCUT2D eigenvalue weighted by molar-refractivity contribution is 0.0500. The van der Waals surface area contributed by atoms with Crippen LogP contribution in [0.4, 0.5) is 0 Å². The molecule has 1 aromatic rings. The largest absolute Gasteiger partial charge is 0.457 e. The molecule has 1 aliphatic carbocycles. The molecule has 6 heteroatoms. The molecule has 2 unspecified atom stereocenters. The standard InChI is InChI=1S/C14H21N3O3/c1-4-8-20-14(18)13-10(2)17(16-15-13)11-6-5-7-12(9-11)19-3/h4,11-12H,1,5-9H2,2-3H3. The maximum atomic E-state index is 11.8. The van der Waals surface area contributed by atoms with Crippen molar-refractivity contribution in [3.8, 4) is 0 Å². The minimum absolute atomic E-state index is 0.181. The Labute approximate surface area is 118 Å². The van der Waals surface area contributed by atoms with Crippen LogP contribution in [0.25, 0.3) is 0 Å². The Morgan fingerprint density at radius 1 is 1.55 bits per heavy atom. The van der Waals surface area contributed by atoms with Gasteiger partial charge < -0.3 is 9.47 Å². The molecule has 1 aromatic heterocycles. The molecular weight excluding hydrogens is 258 g/mol. The molecule has 0 spiro atoms. The quantitative estimate of drug-likeness (QED) is 0.609. The van der Waals surface area contributed by atoms with Gasteiger partial charge in [-0.1, -0.05) is 17.9 Å². The van der Waals surface area contributed by atoms with Crippen LogP contribution in [-0.4, -0.2) is 40.8 Å². The van der Waals surface area contributed by atoms with E-state index >= 15 is 0 Å². The zero-order valence-corrected chi connectivity index (χ0v) is 12.0. The van der Waals surface area contributed by atoms with E-state index in [1.807, 2.05) is 11.6 Å². The Morgan fingerprint density at radius 3 is 3.05 bits per heavy atom. The van der Waals surface area contributed by atoms with Crippen molar-refractivity contribution in [3.05, 3.63) is 24.0 Å². The van der Waals surface area contributed by atoms with Gasteiger partial charge in [-0.3, -0.25) is 0 Å². The lowest BCUT2D eigenvalue weighted by Crippen LogP contribution is -2.25. The lowest BCUT2D eigenvalue weighted by atomic mass is 9.93. The van der Waals surface area contributed by atoms with Gasteiger partial charge in [0.15, 0.2) is 5.69 Å². The van der Waals surface area contributed by atoms with Gasteiger partial charge in [-0.05, 0) is 32.6 Å². The third-order valence-corrected chi connectivity index (χ3v) is 3.73. The van der Waals surface area contributed by atoms with E-state index in [4.69, 9.17) is 9.47 Å². The molecule has 1 aliphatic rings. The third kappa shape index (κ3) is 3.07. The Morgan fingerprint density at radius 2 is 2.35 bits per heavy atom. The molecule has 0 aromatic carbocycles. The van der Waals surface area contributed by atoms with Gasteiger partial charge in [-0.25, -0.2) is 9.48 Å². The average Bonchev–Trinajstić information content (AvgIpc) is 2.86. The predicted molar refractivity (Wildman–Crippen MR) is 73.5 cm³/mol. The summed E-state index contributed by atoms with van der Waals surface area (Å²) in [4.78, 5) is 11.8. The van der Waals surface area contributed by atoms with Crippen LogP contribution in [0.1, 0.15) is 47.9 Å². The van der Waals surface area contributed by atoms with Crippen LogP contribution < -0.4 is 0 Å². The average molecular weight is 279 g/mol. The molecular formula is C14H21N3O3. The second kappa shape index (κ2) is 6.65. The van der Waals surface area contributed by atoms with Crippen molar-refractivity contribution in [1.29, 1.82) is 0 Å². The van der Waals surface area contributed by atoms with Crippen LogP contribution in [-0.2, 0) is 9.47 Å². The number of carbonyl (C=O) groups is 1. The fourth-order valence-corrected chi connectivity index (χ4v) is 2.64. The highest BCUT2D eigenvalue weighted by Gasteiger charge is 2.27. The van der Waals surface area contributed by atoms with E-state index in [2.05, 4.69) is 16.9 Å². The van der Waals surface area contributed by atoms with Gasteiger partial charge in [0, 0.05) is 7.11 Å². The normalized spacial score (nSPS) is 22.5. The van der Waals surface area contributed by atoms with Crippen LogP contribution in [0.15, 0.2) is 12.7 Å². The number of methoxy groups -OCH3 is 1. The highest BCUT2D eigenvalue weighted by molar-refractivity contribution is 5.88. The topological polar surface area (TPSA) is 66.2 Å². The van der Waals surface area contributed by atoms with E-state index in [9.17, 15) is 4.79 Å². The van der Waals surface area contributed by atoms with Crippen molar-refractivity contribution < 1.29 is 14.3 Å². The summed E-state index contributed by atoms with van der Waals surface area (Å²) in [5.41, 5.74) is 1.03. The molecule has 20 heavy (non-hydrogen) atoms. The molecule has 1 fully saturated rings. The van der Waals surface area contributed by atoms with Crippen LogP contribution >= 0.6 is 0 Å². The van der Waals surface area contributed by atoms with Crippen molar-refractivity contribution in [1.82, 2.24) is 15.0 Å². The molecule has 0 radical (unpaired) electrons. The molecule has 0 amide bonds. The van der Waals surface area contributed by atoms with Gasteiger partial charge >= 0.3 is 5.97 Å². The number of carbonyl (C=O) groups excluding carboxylic acids is 1. The van der Waals surface area contributed by atoms with Crippen LogP contribution in [0.3, 0.4) is 0 Å². The van der Waals surface area contributed by atoms with E-state index in [-0.39, 0.29) is 24.4 Å². The molecule has 0 saturated heterocycles. The first-order chi connectivity index (χ1) is 9.67. The SMILES string of the molecule is C=CCOC(=O)c1nnn(C2CCCC(OC)C2)c1C.